The van der Waals surface area contributed by atoms with Crippen LogP contribution in [0.3, 0.4) is 0 Å². The van der Waals surface area contributed by atoms with Gasteiger partial charge in [-0.2, -0.15) is 0 Å². The highest BCUT2D eigenvalue weighted by Crippen LogP contribution is 2.42. The number of benzene rings is 1. The zero-order chi connectivity index (χ0) is 39.7. The number of aliphatic hydroxyl groups is 1. The van der Waals surface area contributed by atoms with Gasteiger partial charge in [0.25, 0.3) is 0 Å². The molecule has 294 valence electrons. The van der Waals surface area contributed by atoms with Crippen LogP contribution in [-0.4, -0.2) is 101 Å². The lowest BCUT2D eigenvalue weighted by Gasteiger charge is -2.41. The van der Waals surface area contributed by atoms with E-state index < -0.39 is 11.7 Å². The minimum absolute atomic E-state index is 0.0119. The van der Waals surface area contributed by atoms with Crippen LogP contribution in [0.15, 0.2) is 54.9 Å². The maximum absolute atomic E-state index is 12.4. The lowest BCUT2D eigenvalue weighted by Crippen LogP contribution is -2.51. The maximum Gasteiger partial charge on any atom is 0.407 e. The molecule has 3 N–H and O–H groups in total. The van der Waals surface area contributed by atoms with Gasteiger partial charge in [0.15, 0.2) is 17.2 Å². The number of halogens is 2. The minimum Gasteiger partial charge on any atom is -0.490 e. The second kappa shape index (κ2) is 16.2. The van der Waals surface area contributed by atoms with Gasteiger partial charge in [0.05, 0.1) is 53.8 Å². The number of aromatic nitrogens is 5. The second-order valence-corrected chi connectivity index (χ2v) is 15.3. The van der Waals surface area contributed by atoms with Crippen molar-refractivity contribution in [2.45, 2.75) is 77.2 Å². The Morgan fingerprint density at radius 1 is 1.05 bits per heavy atom. The Labute approximate surface area is 334 Å². The number of piperidine rings is 1. The molecule has 1 aliphatic heterocycles. The molecule has 1 saturated heterocycles. The van der Waals surface area contributed by atoms with Crippen molar-refractivity contribution in [3.63, 3.8) is 0 Å². The van der Waals surface area contributed by atoms with E-state index in [1.165, 1.54) is 18.9 Å². The Morgan fingerprint density at radius 3 is 2.46 bits per heavy atom. The monoisotopic (exact) mass is 802 g/mol. The molecule has 0 spiro atoms. The molecular formula is C40H44Cl2N8O6. The van der Waals surface area contributed by atoms with E-state index in [0.29, 0.717) is 118 Å². The summed E-state index contributed by atoms with van der Waals surface area (Å²) in [6.45, 7) is 7.21. The van der Waals surface area contributed by atoms with Gasteiger partial charge in [0.1, 0.15) is 0 Å². The van der Waals surface area contributed by atoms with Gasteiger partial charge in [0.2, 0.25) is 11.8 Å². The fourth-order valence-electron chi connectivity index (χ4n) is 7.58. The van der Waals surface area contributed by atoms with E-state index in [0.717, 1.165) is 0 Å². The van der Waals surface area contributed by atoms with Crippen molar-refractivity contribution in [2.75, 3.05) is 26.8 Å². The van der Waals surface area contributed by atoms with Crippen molar-refractivity contribution in [1.82, 2.24) is 39.7 Å². The molecule has 0 radical (unpaired) electrons. The van der Waals surface area contributed by atoms with Crippen molar-refractivity contribution in [3.05, 3.63) is 76.3 Å². The molecule has 1 aliphatic carbocycles. The lowest BCUT2D eigenvalue weighted by molar-refractivity contribution is -0.130. The number of likely N-dealkylation sites (tertiary alicyclic amines) is 1. The molecule has 4 aromatic heterocycles. The normalized spacial score (nSPS) is 18.5. The Kier molecular flexibility index (Phi) is 11.4. The molecule has 1 aromatic carbocycles. The molecule has 14 nitrogen and oxygen atoms in total. The summed E-state index contributed by atoms with van der Waals surface area (Å²) in [5, 5.41) is 29.1. The van der Waals surface area contributed by atoms with Crippen LogP contribution in [0.1, 0.15) is 57.8 Å². The molecule has 7 rings (SSSR count). The largest absolute Gasteiger partial charge is 0.490 e. The number of fused-ring (bicyclic) bond motifs is 1. The van der Waals surface area contributed by atoms with Crippen LogP contribution >= 0.6 is 23.2 Å². The van der Waals surface area contributed by atoms with E-state index in [9.17, 15) is 19.8 Å². The Bertz CT molecular complexity index is 2270. The third kappa shape index (κ3) is 8.10. The number of methoxy groups -OCH3 is 1. The van der Waals surface area contributed by atoms with E-state index >= 15 is 0 Å². The minimum atomic E-state index is -1.05. The highest BCUT2D eigenvalue weighted by molar-refractivity contribution is 6.39. The number of nitrogens with zero attached hydrogens (tertiary/aromatic N) is 7. The van der Waals surface area contributed by atoms with Gasteiger partial charge >= 0.3 is 6.09 Å². The molecule has 5 heterocycles. The van der Waals surface area contributed by atoms with Gasteiger partial charge < -0.3 is 34.8 Å². The molecular weight excluding hydrogens is 759 g/mol. The van der Waals surface area contributed by atoms with Gasteiger partial charge in [-0.1, -0.05) is 41.4 Å². The Hall–Kier alpha value is -5.02. The average molecular weight is 804 g/mol. The third-order valence-electron chi connectivity index (χ3n) is 10.5. The first-order chi connectivity index (χ1) is 26.8. The van der Waals surface area contributed by atoms with Crippen LogP contribution in [-0.2, 0) is 17.9 Å². The predicted octanol–water partition coefficient (Wildman–Crippen LogP) is 6.73. The Morgan fingerprint density at radius 2 is 1.79 bits per heavy atom. The van der Waals surface area contributed by atoms with Gasteiger partial charge in [-0.25, -0.2) is 19.3 Å². The first-order valence-corrected chi connectivity index (χ1v) is 19.3. The first kappa shape index (κ1) is 39.2. The number of hydrogen-bond donors (Lipinski definition) is 3. The summed E-state index contributed by atoms with van der Waals surface area (Å²) in [7, 11) is 1.50. The van der Waals surface area contributed by atoms with Crippen LogP contribution in [0, 0.1) is 0 Å². The number of carbonyl (C=O) groups is 2. The highest BCUT2D eigenvalue weighted by Gasteiger charge is 2.38. The zero-order valence-electron chi connectivity index (χ0n) is 31.6. The maximum atomic E-state index is 12.4. The van der Waals surface area contributed by atoms with Crippen molar-refractivity contribution in [2.24, 2.45) is 0 Å². The molecule has 5 aromatic rings. The average Bonchev–Trinajstić information content (AvgIpc) is 3.59. The molecule has 0 bridgehead atoms. The fourth-order valence-corrected chi connectivity index (χ4v) is 8.23. The molecule has 56 heavy (non-hydrogen) atoms. The number of rotatable bonds is 12. The molecule has 0 atom stereocenters. The van der Waals surface area contributed by atoms with Crippen LogP contribution in [0.5, 0.6) is 11.6 Å². The molecule has 2 fully saturated rings. The standard InChI is InChI=1S/C40H44Cl2N8O6/c1-5-56-32-17-25(22-50-37(32)46-33(47-50)20-44-26-18-40(3,54)19-26)36-35(42)29(11-14-43-36)28-7-6-8-30(34(28)41)31-10-9-24(38(45-31)55-4)21-49(39(52)53)27-12-15-48(16-13-27)23(2)51/h6-11,14,17,22,26-27,44,54H,5,12-13,15-16,18-21H2,1-4H3,(H,52,53). The summed E-state index contributed by atoms with van der Waals surface area (Å²) in [5.74, 6) is 1.40. The van der Waals surface area contributed by atoms with Crippen LogP contribution in [0.25, 0.3) is 39.3 Å². The quantitative estimate of drug-likeness (QED) is 0.122. The number of nitrogens with one attached hydrogen (secondary N) is 1. The smallest absolute Gasteiger partial charge is 0.407 e. The van der Waals surface area contributed by atoms with Crippen LogP contribution < -0.4 is 14.8 Å². The van der Waals surface area contributed by atoms with Gasteiger partial charge in [0, 0.05) is 72.3 Å². The second-order valence-electron chi connectivity index (χ2n) is 14.5. The number of amides is 2. The third-order valence-corrected chi connectivity index (χ3v) is 11.3. The summed E-state index contributed by atoms with van der Waals surface area (Å²) in [6, 6.07) is 12.8. The van der Waals surface area contributed by atoms with Crippen LogP contribution in [0.2, 0.25) is 10.0 Å². The number of carbonyl (C=O) groups excluding carboxylic acids is 1. The summed E-state index contributed by atoms with van der Waals surface area (Å²) in [6.07, 6.45) is 4.90. The van der Waals surface area contributed by atoms with Crippen molar-refractivity contribution >= 4 is 40.8 Å². The summed E-state index contributed by atoms with van der Waals surface area (Å²) in [5.41, 5.74) is 4.18. The van der Waals surface area contributed by atoms with E-state index in [4.69, 9.17) is 47.7 Å². The number of hydrogen-bond acceptors (Lipinski definition) is 10. The summed E-state index contributed by atoms with van der Waals surface area (Å²) >= 11 is 14.3. The summed E-state index contributed by atoms with van der Waals surface area (Å²) in [4.78, 5) is 41.4. The van der Waals surface area contributed by atoms with Crippen molar-refractivity contribution in [1.29, 1.82) is 0 Å². The number of carboxylic acid groups (broad SMARTS) is 1. The molecule has 0 unspecified atom stereocenters. The predicted molar refractivity (Wildman–Crippen MR) is 212 cm³/mol. The highest BCUT2D eigenvalue weighted by atomic mass is 35.5. The SMILES string of the molecule is CCOc1cc(-c2nccc(-c3cccc(-c4ccc(CN(C(=O)O)C5CCN(C(C)=O)CC5)c(OC)n4)c3Cl)c2Cl)cn2nc(CNC3CC(C)(O)C3)nc12. The van der Waals surface area contributed by atoms with E-state index in [2.05, 4.69) is 10.3 Å². The van der Waals surface area contributed by atoms with Crippen LogP contribution in [0.4, 0.5) is 4.79 Å². The van der Waals surface area contributed by atoms with Gasteiger partial charge in [-0.15, -0.1) is 5.10 Å². The molecule has 16 heteroatoms. The number of pyridine rings is 3. The van der Waals surface area contributed by atoms with E-state index in [-0.39, 0.29) is 30.4 Å². The Balaban J connectivity index is 1.15. The fraction of sp³-hybridized carbons (Fsp3) is 0.400. The number of ether oxygens (including phenoxy) is 2. The van der Waals surface area contributed by atoms with Gasteiger partial charge in [-0.05, 0) is 63.8 Å². The zero-order valence-corrected chi connectivity index (χ0v) is 33.1. The van der Waals surface area contributed by atoms with Crippen molar-refractivity contribution < 1.29 is 29.3 Å². The van der Waals surface area contributed by atoms with E-state index in [1.54, 1.807) is 33.8 Å². The van der Waals surface area contributed by atoms with Crippen molar-refractivity contribution in [3.8, 4) is 45.3 Å². The van der Waals surface area contributed by atoms with Gasteiger partial charge in [-0.3, -0.25) is 9.78 Å². The lowest BCUT2D eigenvalue weighted by atomic mass is 9.77. The molecule has 2 amide bonds. The molecule has 2 aliphatic rings. The first-order valence-electron chi connectivity index (χ1n) is 18.6. The summed E-state index contributed by atoms with van der Waals surface area (Å²) < 4.78 is 13.3. The molecule has 1 saturated carbocycles. The topological polar surface area (TPSA) is 168 Å². The van der Waals surface area contributed by atoms with E-state index in [1.807, 2.05) is 44.3 Å².